The second-order valence-corrected chi connectivity index (χ2v) is 5.73. The summed E-state index contributed by atoms with van der Waals surface area (Å²) in [5.41, 5.74) is 2.17. The molecule has 0 radical (unpaired) electrons. The Hall–Kier alpha value is -1.82. The number of methoxy groups -OCH3 is 1. The fourth-order valence-electron chi connectivity index (χ4n) is 2.83. The highest BCUT2D eigenvalue weighted by atomic mass is 16.5. The smallest absolute Gasteiger partial charge is 0.339 e. The summed E-state index contributed by atoms with van der Waals surface area (Å²) in [5, 5.41) is 2.92. The van der Waals surface area contributed by atoms with Gasteiger partial charge in [-0.1, -0.05) is 6.92 Å². The molecular weight excluding hydrogens is 282 g/mol. The molecule has 1 heterocycles. The van der Waals surface area contributed by atoms with Gasteiger partial charge in [0.2, 0.25) is 0 Å². The Morgan fingerprint density at radius 2 is 2.05 bits per heavy atom. The third-order valence-electron chi connectivity index (χ3n) is 4.21. The second-order valence-electron chi connectivity index (χ2n) is 5.73. The number of H-pyrrole nitrogens is 1. The number of rotatable bonds is 7. The van der Waals surface area contributed by atoms with E-state index in [9.17, 15) is 9.59 Å². The maximum absolute atomic E-state index is 12.3. The van der Waals surface area contributed by atoms with Crippen LogP contribution in [0.25, 0.3) is 0 Å². The van der Waals surface area contributed by atoms with Crippen LogP contribution in [-0.2, 0) is 4.74 Å². The minimum absolute atomic E-state index is 0.178. The lowest BCUT2D eigenvalue weighted by atomic mass is 10.1. The van der Waals surface area contributed by atoms with E-state index in [0.717, 1.165) is 13.1 Å². The first-order valence-electron chi connectivity index (χ1n) is 7.79. The Morgan fingerprint density at radius 3 is 2.59 bits per heavy atom. The van der Waals surface area contributed by atoms with Crippen LogP contribution in [-0.4, -0.2) is 54.5 Å². The monoisotopic (exact) mass is 307 g/mol. The van der Waals surface area contributed by atoms with Gasteiger partial charge in [0.25, 0.3) is 5.91 Å². The highest BCUT2D eigenvalue weighted by molar-refractivity contribution is 6.00. The molecule has 0 bridgehead atoms. The number of hydrogen-bond donors (Lipinski definition) is 2. The molecule has 1 aliphatic carbocycles. The van der Waals surface area contributed by atoms with Crippen molar-refractivity contribution in [1.82, 2.24) is 15.2 Å². The molecule has 0 aromatic carbocycles. The summed E-state index contributed by atoms with van der Waals surface area (Å²) < 4.78 is 4.75. The van der Waals surface area contributed by atoms with Crippen LogP contribution in [0, 0.1) is 13.8 Å². The summed E-state index contributed by atoms with van der Waals surface area (Å²) >= 11 is 0. The number of ether oxygens (including phenoxy) is 1. The maximum atomic E-state index is 12.3. The van der Waals surface area contributed by atoms with Crippen LogP contribution >= 0.6 is 0 Å². The number of carbonyl (C=O) groups is 2. The van der Waals surface area contributed by atoms with Crippen LogP contribution < -0.4 is 5.32 Å². The average molecular weight is 307 g/mol. The first-order chi connectivity index (χ1) is 10.5. The standard InChI is InChI=1S/C16H25N3O3/c1-5-19(12-6-7-12)9-8-17-15(20)14-10(2)13(11(3)18-14)16(21)22-4/h12,18H,5-9H2,1-4H3,(H,17,20). The molecule has 2 rings (SSSR count). The predicted octanol–water partition coefficient (Wildman–Crippen LogP) is 1.63. The molecule has 1 fully saturated rings. The molecule has 22 heavy (non-hydrogen) atoms. The van der Waals surface area contributed by atoms with E-state index in [1.807, 2.05) is 0 Å². The fourth-order valence-corrected chi connectivity index (χ4v) is 2.83. The van der Waals surface area contributed by atoms with Crippen molar-refractivity contribution in [1.29, 1.82) is 0 Å². The van der Waals surface area contributed by atoms with Crippen LogP contribution in [0.15, 0.2) is 0 Å². The molecule has 0 unspecified atom stereocenters. The number of amides is 1. The van der Waals surface area contributed by atoms with E-state index in [-0.39, 0.29) is 5.91 Å². The van der Waals surface area contributed by atoms with Crippen molar-refractivity contribution in [3.05, 3.63) is 22.5 Å². The molecular formula is C16H25N3O3. The van der Waals surface area contributed by atoms with Gasteiger partial charge >= 0.3 is 5.97 Å². The molecule has 1 aromatic heterocycles. The fraction of sp³-hybridized carbons (Fsp3) is 0.625. The molecule has 0 spiro atoms. The minimum Gasteiger partial charge on any atom is -0.465 e. The van der Waals surface area contributed by atoms with E-state index in [4.69, 9.17) is 4.74 Å². The van der Waals surface area contributed by atoms with Gasteiger partial charge in [0.1, 0.15) is 5.69 Å². The number of carbonyl (C=O) groups excluding carboxylic acids is 2. The number of esters is 1. The Morgan fingerprint density at radius 1 is 1.36 bits per heavy atom. The Bertz CT molecular complexity index is 561. The van der Waals surface area contributed by atoms with E-state index in [0.29, 0.717) is 35.1 Å². The van der Waals surface area contributed by atoms with E-state index in [1.165, 1.54) is 20.0 Å². The largest absolute Gasteiger partial charge is 0.465 e. The zero-order chi connectivity index (χ0) is 16.3. The van der Waals surface area contributed by atoms with Gasteiger partial charge in [-0.3, -0.25) is 9.69 Å². The molecule has 1 saturated carbocycles. The molecule has 6 nitrogen and oxygen atoms in total. The van der Waals surface area contributed by atoms with Crippen LogP contribution in [0.5, 0.6) is 0 Å². The second kappa shape index (κ2) is 6.96. The average Bonchev–Trinajstić information content (AvgIpc) is 3.29. The number of aromatic nitrogens is 1. The highest BCUT2D eigenvalue weighted by Crippen LogP contribution is 2.25. The lowest BCUT2D eigenvalue weighted by Crippen LogP contribution is -2.36. The van der Waals surface area contributed by atoms with Crippen molar-refractivity contribution in [2.75, 3.05) is 26.7 Å². The zero-order valence-corrected chi connectivity index (χ0v) is 13.8. The van der Waals surface area contributed by atoms with Crippen molar-refractivity contribution < 1.29 is 14.3 Å². The van der Waals surface area contributed by atoms with Gasteiger partial charge in [-0.05, 0) is 38.8 Å². The third kappa shape index (κ3) is 3.50. The number of aromatic amines is 1. The minimum atomic E-state index is -0.420. The van der Waals surface area contributed by atoms with Gasteiger partial charge in [-0.15, -0.1) is 0 Å². The van der Waals surface area contributed by atoms with E-state index in [2.05, 4.69) is 22.1 Å². The zero-order valence-electron chi connectivity index (χ0n) is 13.8. The summed E-state index contributed by atoms with van der Waals surface area (Å²) in [5.74, 6) is -0.598. The van der Waals surface area contributed by atoms with E-state index < -0.39 is 5.97 Å². The first-order valence-corrected chi connectivity index (χ1v) is 7.79. The van der Waals surface area contributed by atoms with Crippen molar-refractivity contribution in [3.8, 4) is 0 Å². The highest BCUT2D eigenvalue weighted by Gasteiger charge is 2.27. The van der Waals surface area contributed by atoms with Crippen molar-refractivity contribution in [2.45, 2.75) is 39.7 Å². The van der Waals surface area contributed by atoms with Crippen molar-refractivity contribution >= 4 is 11.9 Å². The number of hydrogen-bond acceptors (Lipinski definition) is 4. The maximum Gasteiger partial charge on any atom is 0.339 e. The van der Waals surface area contributed by atoms with Crippen LogP contribution in [0.2, 0.25) is 0 Å². The number of aryl methyl sites for hydroxylation is 1. The van der Waals surface area contributed by atoms with Gasteiger partial charge < -0.3 is 15.0 Å². The summed E-state index contributed by atoms with van der Waals surface area (Å²) in [6.45, 7) is 8.13. The quantitative estimate of drug-likeness (QED) is 0.751. The molecule has 0 saturated heterocycles. The van der Waals surface area contributed by atoms with Gasteiger partial charge in [0.05, 0.1) is 12.7 Å². The van der Waals surface area contributed by atoms with Gasteiger partial charge in [0.15, 0.2) is 0 Å². The number of nitrogens with zero attached hydrogens (tertiary/aromatic N) is 1. The Labute approximate surface area is 131 Å². The summed E-state index contributed by atoms with van der Waals surface area (Å²) in [4.78, 5) is 29.4. The van der Waals surface area contributed by atoms with Gasteiger partial charge in [-0.2, -0.15) is 0 Å². The molecule has 1 aliphatic rings. The topological polar surface area (TPSA) is 74.4 Å². The predicted molar refractivity (Wildman–Crippen MR) is 84.2 cm³/mol. The summed E-state index contributed by atoms with van der Waals surface area (Å²) in [6, 6.07) is 0.697. The SMILES string of the molecule is CCN(CCNC(=O)c1[nH]c(C)c(C(=O)OC)c1C)C1CC1. The van der Waals surface area contributed by atoms with Crippen molar-refractivity contribution in [3.63, 3.8) is 0 Å². The molecule has 1 aromatic rings. The van der Waals surface area contributed by atoms with Gasteiger partial charge in [-0.25, -0.2) is 4.79 Å². The Balaban J connectivity index is 1.96. The van der Waals surface area contributed by atoms with Crippen LogP contribution in [0.1, 0.15) is 51.9 Å². The first kappa shape index (κ1) is 16.5. The Kier molecular flexibility index (Phi) is 5.24. The molecule has 1 amide bonds. The number of nitrogens with one attached hydrogen (secondary N) is 2. The molecule has 122 valence electrons. The molecule has 0 aliphatic heterocycles. The molecule has 0 atom stereocenters. The lowest BCUT2D eigenvalue weighted by Gasteiger charge is -2.19. The number of likely N-dealkylation sites (N-methyl/N-ethyl adjacent to an activating group) is 1. The molecule has 2 N–H and O–H groups in total. The third-order valence-corrected chi connectivity index (χ3v) is 4.21. The van der Waals surface area contributed by atoms with Crippen LogP contribution in [0.4, 0.5) is 0 Å². The summed E-state index contributed by atoms with van der Waals surface area (Å²) in [6.07, 6.45) is 2.53. The van der Waals surface area contributed by atoms with Gasteiger partial charge in [0, 0.05) is 24.8 Å². The van der Waals surface area contributed by atoms with E-state index in [1.54, 1.807) is 13.8 Å². The summed E-state index contributed by atoms with van der Waals surface area (Å²) in [7, 11) is 1.34. The van der Waals surface area contributed by atoms with Crippen LogP contribution in [0.3, 0.4) is 0 Å². The molecule has 6 heteroatoms. The normalized spacial score (nSPS) is 14.2. The van der Waals surface area contributed by atoms with E-state index >= 15 is 0 Å². The lowest BCUT2D eigenvalue weighted by molar-refractivity contribution is 0.0599. The van der Waals surface area contributed by atoms with Crippen molar-refractivity contribution in [2.24, 2.45) is 0 Å².